The smallest absolute Gasteiger partial charge is 0.253 e. The Labute approximate surface area is 168 Å². The van der Waals surface area contributed by atoms with Gasteiger partial charge in [0.1, 0.15) is 5.82 Å². The number of rotatable bonds is 4. The van der Waals surface area contributed by atoms with Crippen molar-refractivity contribution in [2.45, 2.75) is 19.3 Å². The third-order valence-corrected chi connectivity index (χ3v) is 4.91. The predicted molar refractivity (Wildman–Crippen MR) is 108 cm³/mol. The van der Waals surface area contributed by atoms with E-state index in [1.807, 2.05) is 0 Å². The molecule has 3 amide bonds. The zero-order valence-corrected chi connectivity index (χ0v) is 16.5. The molecule has 2 aromatic carbocycles. The van der Waals surface area contributed by atoms with Crippen LogP contribution in [-0.4, -0.2) is 36.7 Å². The van der Waals surface area contributed by atoms with E-state index in [9.17, 15) is 18.8 Å². The number of nitrogens with zero attached hydrogens (tertiary/aromatic N) is 1. The van der Waals surface area contributed by atoms with Crippen molar-refractivity contribution in [3.8, 4) is 0 Å². The van der Waals surface area contributed by atoms with Crippen LogP contribution >= 0.6 is 0 Å². The molecule has 0 fully saturated rings. The standard InChI is InChI=1S/C22H22FN3O3/c1-13-16(22(29)26(2)3)5-4-6-19(13)25-21(28)18-12-24-20(27)11-17(18)14-7-9-15(23)10-8-14/h4-10,12,17H,11H2,1-3H3,(H,24,27)(H,25,28)/t17-/m0/s1. The van der Waals surface area contributed by atoms with E-state index in [2.05, 4.69) is 10.6 Å². The highest BCUT2D eigenvalue weighted by Crippen LogP contribution is 2.31. The highest BCUT2D eigenvalue weighted by molar-refractivity contribution is 6.07. The Morgan fingerprint density at radius 2 is 1.83 bits per heavy atom. The van der Waals surface area contributed by atoms with Crippen molar-refractivity contribution in [2.24, 2.45) is 0 Å². The van der Waals surface area contributed by atoms with E-state index in [-0.39, 0.29) is 24.1 Å². The molecule has 2 aromatic rings. The predicted octanol–water partition coefficient (Wildman–Crippen LogP) is 2.96. The molecule has 0 bridgehead atoms. The average molecular weight is 395 g/mol. The van der Waals surface area contributed by atoms with E-state index in [0.29, 0.717) is 28.0 Å². The van der Waals surface area contributed by atoms with Crippen LogP contribution in [0, 0.1) is 12.7 Å². The number of amides is 3. The summed E-state index contributed by atoms with van der Waals surface area (Å²) in [6, 6.07) is 10.9. The van der Waals surface area contributed by atoms with Gasteiger partial charge in [0.2, 0.25) is 5.91 Å². The van der Waals surface area contributed by atoms with E-state index >= 15 is 0 Å². The lowest BCUT2D eigenvalue weighted by atomic mass is 9.86. The van der Waals surface area contributed by atoms with Gasteiger partial charge >= 0.3 is 0 Å². The average Bonchev–Trinajstić information content (AvgIpc) is 2.69. The van der Waals surface area contributed by atoms with Crippen molar-refractivity contribution < 1.29 is 18.8 Å². The third kappa shape index (κ3) is 4.34. The van der Waals surface area contributed by atoms with E-state index in [1.165, 1.54) is 23.2 Å². The molecule has 2 N–H and O–H groups in total. The molecule has 29 heavy (non-hydrogen) atoms. The van der Waals surface area contributed by atoms with Crippen LogP contribution in [0.3, 0.4) is 0 Å². The molecule has 3 rings (SSSR count). The summed E-state index contributed by atoms with van der Waals surface area (Å²) in [5.41, 5.74) is 2.70. The fourth-order valence-corrected chi connectivity index (χ4v) is 3.27. The van der Waals surface area contributed by atoms with Crippen LogP contribution in [0.2, 0.25) is 0 Å². The molecule has 6 nitrogen and oxygen atoms in total. The molecule has 1 heterocycles. The van der Waals surface area contributed by atoms with Gasteiger partial charge in [-0.1, -0.05) is 18.2 Å². The summed E-state index contributed by atoms with van der Waals surface area (Å²) in [6.07, 6.45) is 1.47. The van der Waals surface area contributed by atoms with Crippen LogP contribution in [0.4, 0.5) is 10.1 Å². The maximum Gasteiger partial charge on any atom is 0.253 e. The molecule has 0 radical (unpaired) electrons. The van der Waals surface area contributed by atoms with Crippen molar-refractivity contribution in [3.63, 3.8) is 0 Å². The molecular weight excluding hydrogens is 373 g/mol. The number of carbonyl (C=O) groups is 3. The van der Waals surface area contributed by atoms with Crippen LogP contribution in [0.1, 0.15) is 33.8 Å². The number of nitrogens with one attached hydrogen (secondary N) is 2. The second kappa shape index (κ2) is 8.26. The zero-order chi connectivity index (χ0) is 21.1. The van der Waals surface area contributed by atoms with Crippen molar-refractivity contribution in [3.05, 3.63) is 76.7 Å². The first-order valence-corrected chi connectivity index (χ1v) is 9.15. The summed E-state index contributed by atoms with van der Waals surface area (Å²) in [7, 11) is 3.33. The number of benzene rings is 2. The normalized spacial score (nSPS) is 15.9. The summed E-state index contributed by atoms with van der Waals surface area (Å²) < 4.78 is 13.3. The Balaban J connectivity index is 1.89. The first-order valence-electron chi connectivity index (χ1n) is 9.15. The van der Waals surface area contributed by atoms with Crippen molar-refractivity contribution in [2.75, 3.05) is 19.4 Å². The van der Waals surface area contributed by atoms with Gasteiger partial charge in [0.25, 0.3) is 11.8 Å². The van der Waals surface area contributed by atoms with E-state index in [4.69, 9.17) is 0 Å². The minimum atomic E-state index is -0.490. The Morgan fingerprint density at radius 1 is 1.14 bits per heavy atom. The molecule has 1 aliphatic rings. The molecule has 150 valence electrons. The summed E-state index contributed by atoms with van der Waals surface area (Å²) in [5, 5.41) is 5.41. The highest BCUT2D eigenvalue weighted by Gasteiger charge is 2.29. The van der Waals surface area contributed by atoms with Crippen LogP contribution in [-0.2, 0) is 9.59 Å². The number of halogens is 1. The largest absolute Gasteiger partial charge is 0.345 e. The van der Waals surface area contributed by atoms with Gasteiger partial charge in [0.15, 0.2) is 0 Å². The van der Waals surface area contributed by atoms with Gasteiger partial charge in [-0.3, -0.25) is 14.4 Å². The van der Waals surface area contributed by atoms with Gasteiger partial charge in [-0.15, -0.1) is 0 Å². The topological polar surface area (TPSA) is 78.5 Å². The SMILES string of the molecule is Cc1c(NC(=O)C2=CNC(=O)C[C@H]2c2ccc(F)cc2)cccc1C(=O)N(C)C. The molecule has 0 saturated heterocycles. The lowest BCUT2D eigenvalue weighted by Gasteiger charge is -2.24. The second-order valence-corrected chi connectivity index (χ2v) is 7.11. The molecule has 0 spiro atoms. The maximum absolute atomic E-state index is 13.3. The lowest BCUT2D eigenvalue weighted by molar-refractivity contribution is -0.121. The van der Waals surface area contributed by atoms with Gasteiger partial charge in [-0.2, -0.15) is 0 Å². The summed E-state index contributed by atoms with van der Waals surface area (Å²) in [6.45, 7) is 1.76. The third-order valence-electron chi connectivity index (χ3n) is 4.91. The number of anilines is 1. The van der Waals surface area contributed by atoms with E-state index in [0.717, 1.165) is 0 Å². The van der Waals surface area contributed by atoms with E-state index < -0.39 is 11.8 Å². The number of carbonyl (C=O) groups excluding carboxylic acids is 3. The van der Waals surface area contributed by atoms with Gasteiger partial charge < -0.3 is 15.5 Å². The van der Waals surface area contributed by atoms with E-state index in [1.54, 1.807) is 51.4 Å². The minimum Gasteiger partial charge on any atom is -0.345 e. The molecule has 0 aromatic heterocycles. The molecule has 1 atom stereocenters. The summed E-state index contributed by atoms with van der Waals surface area (Å²) in [5.74, 6) is -1.65. The number of hydrogen-bond donors (Lipinski definition) is 2. The molecular formula is C22H22FN3O3. The fourth-order valence-electron chi connectivity index (χ4n) is 3.27. The van der Waals surface area contributed by atoms with Crippen molar-refractivity contribution in [1.29, 1.82) is 0 Å². The molecule has 0 aliphatic carbocycles. The first-order chi connectivity index (χ1) is 13.8. The quantitative estimate of drug-likeness (QED) is 0.836. The van der Waals surface area contributed by atoms with Gasteiger partial charge in [-0.05, 0) is 42.3 Å². The lowest BCUT2D eigenvalue weighted by Crippen LogP contribution is -2.32. The van der Waals surface area contributed by atoms with Crippen molar-refractivity contribution >= 4 is 23.4 Å². The molecule has 0 saturated carbocycles. The first kappa shape index (κ1) is 20.3. The second-order valence-electron chi connectivity index (χ2n) is 7.11. The van der Waals surface area contributed by atoms with Gasteiger partial charge in [-0.25, -0.2) is 4.39 Å². The Hall–Kier alpha value is -3.48. The van der Waals surface area contributed by atoms with Crippen molar-refractivity contribution in [1.82, 2.24) is 10.2 Å². The number of hydrogen-bond acceptors (Lipinski definition) is 3. The summed E-state index contributed by atoms with van der Waals surface area (Å²) >= 11 is 0. The molecule has 1 aliphatic heterocycles. The Bertz CT molecular complexity index is 997. The maximum atomic E-state index is 13.3. The highest BCUT2D eigenvalue weighted by atomic mass is 19.1. The monoisotopic (exact) mass is 395 g/mol. The van der Waals surface area contributed by atoms with Crippen LogP contribution in [0.15, 0.2) is 54.2 Å². The van der Waals surface area contributed by atoms with Crippen LogP contribution in [0.5, 0.6) is 0 Å². The molecule has 0 unspecified atom stereocenters. The van der Waals surface area contributed by atoms with Crippen LogP contribution in [0.25, 0.3) is 0 Å². The van der Waals surface area contributed by atoms with Gasteiger partial charge in [0.05, 0.1) is 0 Å². The Kier molecular flexibility index (Phi) is 5.77. The zero-order valence-electron chi connectivity index (χ0n) is 16.5. The molecule has 7 heteroatoms. The summed E-state index contributed by atoms with van der Waals surface area (Å²) in [4.78, 5) is 38.7. The van der Waals surface area contributed by atoms with Gasteiger partial charge in [0, 0.05) is 49.5 Å². The van der Waals surface area contributed by atoms with Crippen LogP contribution < -0.4 is 10.6 Å². The Morgan fingerprint density at radius 3 is 2.48 bits per heavy atom. The minimum absolute atomic E-state index is 0.0863. The fraction of sp³-hybridized carbons (Fsp3) is 0.227.